The minimum Gasteiger partial charge on any atom is -0.488 e. The molecule has 0 spiro atoms. The number of likely N-dealkylation sites (tertiary alicyclic amines) is 1. The van der Waals surface area contributed by atoms with Crippen LogP contribution in [0.25, 0.3) is 0 Å². The second-order valence-corrected chi connectivity index (χ2v) is 14.6. The number of rotatable bonds is 9. The predicted octanol–water partition coefficient (Wildman–Crippen LogP) is 4.93. The average molecular weight is 604 g/mol. The molecule has 12 heteroatoms. The number of anilines is 2. The van der Waals surface area contributed by atoms with Crippen molar-refractivity contribution in [1.29, 1.82) is 0 Å². The van der Waals surface area contributed by atoms with Crippen LogP contribution in [0.3, 0.4) is 0 Å². The van der Waals surface area contributed by atoms with E-state index >= 15 is 0 Å². The van der Waals surface area contributed by atoms with Gasteiger partial charge in [-0.05, 0) is 102 Å². The lowest BCUT2D eigenvalue weighted by atomic mass is 9.86. The van der Waals surface area contributed by atoms with Crippen molar-refractivity contribution in [1.82, 2.24) is 20.0 Å². The highest BCUT2D eigenvalue weighted by atomic mass is 35.5. The molecule has 224 valence electrons. The number of aromatic nitrogens is 2. The first-order chi connectivity index (χ1) is 19.4. The summed E-state index contributed by atoms with van der Waals surface area (Å²) in [6.45, 7) is 12.8. The molecule has 0 radical (unpaired) electrons. The van der Waals surface area contributed by atoms with Crippen LogP contribution in [0.2, 0.25) is 0 Å². The smallest absolute Gasteiger partial charge is 0.202 e. The number of nitrogens with one attached hydrogen (secondary N) is 3. The van der Waals surface area contributed by atoms with Gasteiger partial charge in [-0.3, -0.25) is 4.68 Å². The number of hydrogen-bond acceptors (Lipinski definition) is 9. The van der Waals surface area contributed by atoms with E-state index < -0.39 is 20.8 Å². The highest BCUT2D eigenvalue weighted by molar-refractivity contribution is 7.92. The van der Waals surface area contributed by atoms with Crippen molar-refractivity contribution in [3.8, 4) is 5.75 Å². The number of aliphatic imine (C=N–C) groups is 1. The Morgan fingerprint density at radius 3 is 2.54 bits per heavy atom. The molecule has 41 heavy (non-hydrogen) atoms. The first-order valence-corrected chi connectivity index (χ1v) is 16.4. The number of nitrogens with zero attached hydrogens (tertiary/aromatic N) is 4. The normalized spacial score (nSPS) is 22.2. The minimum absolute atomic E-state index is 0.0179. The van der Waals surface area contributed by atoms with Crippen LogP contribution in [0.4, 0.5) is 11.4 Å². The van der Waals surface area contributed by atoms with Gasteiger partial charge in [-0.25, -0.2) is 13.4 Å². The quantitative estimate of drug-likeness (QED) is 0.370. The molecule has 1 aromatic heterocycles. The average Bonchev–Trinajstić information content (AvgIpc) is 3.67. The lowest BCUT2D eigenvalue weighted by Gasteiger charge is -2.36. The van der Waals surface area contributed by atoms with E-state index in [0.717, 1.165) is 56.8 Å². The van der Waals surface area contributed by atoms with Gasteiger partial charge in [-0.2, -0.15) is 5.10 Å². The topological polar surface area (TPSA) is 113 Å². The standard InChI is InChI=1S/C29H42ClN7O3S/c1-7-37-12-10-20(11-13-37)22-15-25(40-21-8-9-21)23(14-19(22)4)32-28-31-16-26(30)29(5,34-28)33-24-17-36(6)35-27(24)41(38,39)18(2)3/h14-18,20-21,33H,7-13H2,1-6H3,(H2,31,32,34). The molecule has 3 aliphatic rings. The van der Waals surface area contributed by atoms with Gasteiger partial charge in [0.05, 0.1) is 27.8 Å². The number of benzene rings is 1. The Bertz CT molecular complexity index is 1460. The third kappa shape index (κ3) is 6.36. The van der Waals surface area contributed by atoms with E-state index in [1.54, 1.807) is 33.3 Å². The molecular weight excluding hydrogens is 562 g/mol. The van der Waals surface area contributed by atoms with Crippen molar-refractivity contribution in [3.05, 3.63) is 40.7 Å². The molecule has 2 aliphatic heterocycles. The number of sulfone groups is 1. The maximum atomic E-state index is 13.0. The highest BCUT2D eigenvalue weighted by Crippen LogP contribution is 2.39. The van der Waals surface area contributed by atoms with Crippen molar-refractivity contribution < 1.29 is 13.2 Å². The Hall–Kier alpha value is -2.76. The first-order valence-electron chi connectivity index (χ1n) is 14.5. The number of hydrogen-bond donors (Lipinski definition) is 3. The fraction of sp³-hybridized carbons (Fsp3) is 0.586. The van der Waals surface area contributed by atoms with Crippen LogP contribution in [-0.2, 0) is 16.9 Å². The molecule has 2 fully saturated rings. The summed E-state index contributed by atoms with van der Waals surface area (Å²) in [5.41, 5.74) is 2.71. The van der Waals surface area contributed by atoms with E-state index in [9.17, 15) is 8.42 Å². The summed E-state index contributed by atoms with van der Waals surface area (Å²) in [7, 11) is -1.94. The van der Waals surface area contributed by atoms with Crippen molar-refractivity contribution >= 4 is 38.8 Å². The molecule has 0 amide bonds. The van der Waals surface area contributed by atoms with Gasteiger partial charge in [0.2, 0.25) is 15.8 Å². The van der Waals surface area contributed by atoms with Gasteiger partial charge in [-0.15, -0.1) is 0 Å². The van der Waals surface area contributed by atoms with Gasteiger partial charge < -0.3 is 25.6 Å². The van der Waals surface area contributed by atoms with Crippen LogP contribution in [0.1, 0.15) is 70.4 Å². The molecule has 1 aliphatic carbocycles. The van der Waals surface area contributed by atoms with Gasteiger partial charge in [0.25, 0.3) is 0 Å². The van der Waals surface area contributed by atoms with Crippen LogP contribution in [0.15, 0.2) is 39.6 Å². The van der Waals surface area contributed by atoms with Crippen molar-refractivity contribution in [2.24, 2.45) is 12.0 Å². The summed E-state index contributed by atoms with van der Waals surface area (Å²) in [5, 5.41) is 14.0. The molecule has 0 bridgehead atoms. The molecular formula is C29H42ClN7O3S. The highest BCUT2D eigenvalue weighted by Gasteiger charge is 2.36. The number of piperidine rings is 1. The molecule has 1 aromatic carbocycles. The zero-order valence-electron chi connectivity index (χ0n) is 24.8. The van der Waals surface area contributed by atoms with Crippen LogP contribution in [0, 0.1) is 6.92 Å². The number of halogens is 1. The molecule has 1 atom stereocenters. The molecule has 1 saturated carbocycles. The second-order valence-electron chi connectivity index (χ2n) is 11.8. The maximum Gasteiger partial charge on any atom is 0.202 e. The fourth-order valence-electron chi connectivity index (χ4n) is 5.38. The maximum absolute atomic E-state index is 13.0. The van der Waals surface area contributed by atoms with Crippen LogP contribution in [0.5, 0.6) is 5.75 Å². The van der Waals surface area contributed by atoms with E-state index in [1.165, 1.54) is 15.8 Å². The zero-order valence-corrected chi connectivity index (χ0v) is 26.4. The lowest BCUT2D eigenvalue weighted by Crippen LogP contribution is -2.56. The van der Waals surface area contributed by atoms with Gasteiger partial charge in [0.1, 0.15) is 11.4 Å². The Kier molecular flexibility index (Phi) is 8.33. The summed E-state index contributed by atoms with van der Waals surface area (Å²) < 4.78 is 33.9. The summed E-state index contributed by atoms with van der Waals surface area (Å²) in [4.78, 5) is 7.01. The SMILES string of the molecule is CCN1CCC(c2cc(OC3CC3)c(NC3=NC=C(Cl)C(C)(Nc4cn(C)nc4S(=O)(=O)C(C)C)N3)cc2C)CC1. The zero-order chi connectivity index (χ0) is 29.5. The van der Waals surface area contributed by atoms with Gasteiger partial charge >= 0.3 is 0 Å². The third-order valence-corrected chi connectivity index (χ3v) is 10.7. The van der Waals surface area contributed by atoms with E-state index in [4.69, 9.17) is 16.3 Å². The minimum atomic E-state index is -3.63. The third-order valence-electron chi connectivity index (χ3n) is 8.14. The number of ether oxygens (including phenoxy) is 1. The van der Waals surface area contributed by atoms with E-state index in [2.05, 4.69) is 56.9 Å². The number of guanidine groups is 1. The van der Waals surface area contributed by atoms with Crippen LogP contribution >= 0.6 is 11.6 Å². The summed E-state index contributed by atoms with van der Waals surface area (Å²) in [5.74, 6) is 1.80. The van der Waals surface area contributed by atoms with Crippen LogP contribution < -0.4 is 20.7 Å². The summed E-state index contributed by atoms with van der Waals surface area (Å²) >= 11 is 6.64. The summed E-state index contributed by atoms with van der Waals surface area (Å²) in [6.07, 6.45) is 7.85. The van der Waals surface area contributed by atoms with E-state index in [1.807, 2.05) is 6.92 Å². The van der Waals surface area contributed by atoms with Gasteiger partial charge in [0.15, 0.2) is 5.03 Å². The first kappa shape index (κ1) is 29.7. The van der Waals surface area contributed by atoms with Gasteiger partial charge in [-0.1, -0.05) is 18.5 Å². The fourth-order valence-corrected chi connectivity index (χ4v) is 6.62. The Labute approximate surface area is 248 Å². The van der Waals surface area contributed by atoms with Crippen molar-refractivity contribution in [2.45, 2.75) is 88.3 Å². The Balaban J connectivity index is 1.39. The van der Waals surface area contributed by atoms with Crippen LogP contribution in [-0.4, -0.2) is 65.7 Å². The van der Waals surface area contributed by atoms with Gasteiger partial charge in [0, 0.05) is 19.4 Å². The molecule has 2 aromatic rings. The molecule has 10 nitrogen and oxygen atoms in total. The molecule has 5 rings (SSSR count). The Morgan fingerprint density at radius 1 is 1.20 bits per heavy atom. The molecule has 1 unspecified atom stereocenters. The predicted molar refractivity (Wildman–Crippen MR) is 165 cm³/mol. The summed E-state index contributed by atoms with van der Waals surface area (Å²) in [6, 6.07) is 4.35. The molecule has 3 heterocycles. The Morgan fingerprint density at radius 2 is 1.90 bits per heavy atom. The second kappa shape index (κ2) is 11.5. The van der Waals surface area contributed by atoms with Crippen molar-refractivity contribution in [2.75, 3.05) is 30.3 Å². The lowest BCUT2D eigenvalue weighted by molar-refractivity contribution is 0.222. The van der Waals surface area contributed by atoms with Crippen molar-refractivity contribution in [3.63, 3.8) is 0 Å². The molecule has 1 saturated heterocycles. The van der Waals surface area contributed by atoms with E-state index in [0.29, 0.717) is 22.6 Å². The largest absolute Gasteiger partial charge is 0.488 e. The number of aryl methyl sites for hydroxylation is 2. The monoisotopic (exact) mass is 603 g/mol. The molecule has 3 N–H and O–H groups in total. The van der Waals surface area contributed by atoms with E-state index in [-0.39, 0.29) is 11.1 Å².